The standard InChI is InChI=1S/C14H28N2O/c1-12-4-2-7-14(17,10-12)11-16-13-5-3-8-15-9-6-13/h12-13,15-17H,2-11H2,1H3. The minimum Gasteiger partial charge on any atom is -0.389 e. The molecule has 17 heavy (non-hydrogen) atoms. The molecule has 3 N–H and O–H groups in total. The normalized spacial score (nSPS) is 39.9. The predicted octanol–water partition coefficient (Wildman–Crippen LogP) is 1.66. The van der Waals surface area contributed by atoms with Crippen molar-refractivity contribution in [2.75, 3.05) is 19.6 Å². The first-order chi connectivity index (χ1) is 8.18. The Hall–Kier alpha value is -0.120. The molecule has 1 aliphatic carbocycles. The molecule has 0 amide bonds. The fraction of sp³-hybridized carbons (Fsp3) is 1.00. The summed E-state index contributed by atoms with van der Waals surface area (Å²) in [5.74, 6) is 0.686. The number of rotatable bonds is 3. The Morgan fingerprint density at radius 2 is 2.12 bits per heavy atom. The van der Waals surface area contributed by atoms with Crippen molar-refractivity contribution in [1.82, 2.24) is 10.6 Å². The van der Waals surface area contributed by atoms with Crippen molar-refractivity contribution in [1.29, 1.82) is 0 Å². The minimum absolute atomic E-state index is 0.433. The highest BCUT2D eigenvalue weighted by Gasteiger charge is 2.32. The van der Waals surface area contributed by atoms with Crippen molar-refractivity contribution >= 4 is 0 Å². The maximum absolute atomic E-state index is 10.6. The van der Waals surface area contributed by atoms with E-state index in [0.29, 0.717) is 12.0 Å². The second-order valence-electron chi connectivity index (χ2n) is 6.18. The first-order valence-electron chi connectivity index (χ1n) is 7.34. The van der Waals surface area contributed by atoms with Crippen LogP contribution in [0.1, 0.15) is 51.9 Å². The van der Waals surface area contributed by atoms with Crippen molar-refractivity contribution < 1.29 is 5.11 Å². The molecule has 0 bridgehead atoms. The van der Waals surface area contributed by atoms with Crippen LogP contribution in [0.2, 0.25) is 0 Å². The van der Waals surface area contributed by atoms with Crippen LogP contribution in [-0.2, 0) is 0 Å². The molecular weight excluding hydrogens is 212 g/mol. The maximum atomic E-state index is 10.6. The monoisotopic (exact) mass is 240 g/mol. The second kappa shape index (κ2) is 6.17. The molecule has 2 rings (SSSR count). The van der Waals surface area contributed by atoms with Crippen molar-refractivity contribution in [3.05, 3.63) is 0 Å². The third-order valence-electron chi connectivity index (χ3n) is 4.36. The summed E-state index contributed by atoms with van der Waals surface area (Å²) in [4.78, 5) is 0. The average Bonchev–Trinajstić information content (AvgIpc) is 2.54. The zero-order valence-corrected chi connectivity index (χ0v) is 11.2. The maximum Gasteiger partial charge on any atom is 0.0774 e. The van der Waals surface area contributed by atoms with E-state index in [1.165, 1.54) is 32.1 Å². The molecule has 3 atom stereocenters. The van der Waals surface area contributed by atoms with E-state index < -0.39 is 5.60 Å². The van der Waals surface area contributed by atoms with Crippen molar-refractivity contribution in [3.8, 4) is 0 Å². The van der Waals surface area contributed by atoms with Crippen molar-refractivity contribution in [2.24, 2.45) is 5.92 Å². The van der Waals surface area contributed by atoms with E-state index in [9.17, 15) is 5.11 Å². The summed E-state index contributed by atoms with van der Waals surface area (Å²) in [5, 5.41) is 17.6. The molecule has 2 fully saturated rings. The Kier molecular flexibility index (Phi) is 4.83. The summed E-state index contributed by atoms with van der Waals surface area (Å²) in [6.45, 7) is 5.33. The average molecular weight is 240 g/mol. The molecule has 0 aromatic heterocycles. The first kappa shape index (κ1) is 13.3. The molecule has 1 aliphatic heterocycles. The van der Waals surface area contributed by atoms with E-state index >= 15 is 0 Å². The van der Waals surface area contributed by atoms with E-state index in [-0.39, 0.29) is 0 Å². The predicted molar refractivity (Wildman–Crippen MR) is 71.1 cm³/mol. The highest BCUT2D eigenvalue weighted by Crippen LogP contribution is 2.31. The van der Waals surface area contributed by atoms with Gasteiger partial charge in [0.05, 0.1) is 5.60 Å². The lowest BCUT2D eigenvalue weighted by atomic mass is 9.79. The van der Waals surface area contributed by atoms with Crippen LogP contribution in [-0.4, -0.2) is 36.4 Å². The summed E-state index contributed by atoms with van der Waals surface area (Å²) in [6.07, 6.45) is 8.14. The number of hydrogen-bond donors (Lipinski definition) is 3. The molecule has 0 spiro atoms. The van der Waals surface area contributed by atoms with Gasteiger partial charge in [-0.3, -0.25) is 0 Å². The fourth-order valence-corrected chi connectivity index (χ4v) is 3.35. The Balaban J connectivity index is 1.75. The lowest BCUT2D eigenvalue weighted by Crippen LogP contribution is -2.47. The molecule has 1 saturated heterocycles. The van der Waals surface area contributed by atoms with Crippen LogP contribution in [0.25, 0.3) is 0 Å². The molecule has 3 nitrogen and oxygen atoms in total. The zero-order chi connectivity index (χ0) is 12.1. The molecule has 0 radical (unpaired) electrons. The van der Waals surface area contributed by atoms with Gasteiger partial charge in [-0.15, -0.1) is 0 Å². The Bertz CT molecular complexity index is 226. The smallest absolute Gasteiger partial charge is 0.0774 e. The van der Waals surface area contributed by atoms with Gasteiger partial charge in [0.15, 0.2) is 0 Å². The zero-order valence-electron chi connectivity index (χ0n) is 11.2. The number of hydrogen-bond acceptors (Lipinski definition) is 3. The van der Waals surface area contributed by atoms with E-state index in [4.69, 9.17) is 0 Å². The van der Waals surface area contributed by atoms with E-state index in [0.717, 1.165) is 32.5 Å². The van der Waals surface area contributed by atoms with Crippen LogP contribution < -0.4 is 10.6 Å². The van der Waals surface area contributed by atoms with Crippen LogP contribution in [0, 0.1) is 5.92 Å². The van der Waals surface area contributed by atoms with Gasteiger partial charge in [0, 0.05) is 12.6 Å². The quantitative estimate of drug-likeness (QED) is 0.703. The SMILES string of the molecule is CC1CCCC(O)(CNC2CCCNCC2)C1. The summed E-state index contributed by atoms with van der Waals surface area (Å²) >= 11 is 0. The second-order valence-corrected chi connectivity index (χ2v) is 6.18. The number of nitrogens with one attached hydrogen (secondary N) is 2. The molecule has 100 valence electrons. The lowest BCUT2D eigenvalue weighted by molar-refractivity contribution is -0.0139. The lowest BCUT2D eigenvalue weighted by Gasteiger charge is -2.36. The highest BCUT2D eigenvalue weighted by molar-refractivity contribution is 4.88. The third kappa shape index (κ3) is 4.23. The van der Waals surface area contributed by atoms with Crippen LogP contribution in [0.4, 0.5) is 0 Å². The van der Waals surface area contributed by atoms with Gasteiger partial charge in [0.1, 0.15) is 0 Å². The van der Waals surface area contributed by atoms with Crippen molar-refractivity contribution in [3.63, 3.8) is 0 Å². The van der Waals surface area contributed by atoms with Gasteiger partial charge in [0.25, 0.3) is 0 Å². The first-order valence-corrected chi connectivity index (χ1v) is 7.34. The Labute approximate surface area is 105 Å². The van der Waals surface area contributed by atoms with E-state index in [1.54, 1.807) is 0 Å². The number of aliphatic hydroxyl groups is 1. The van der Waals surface area contributed by atoms with Crippen LogP contribution in [0.3, 0.4) is 0 Å². The molecule has 1 saturated carbocycles. The van der Waals surface area contributed by atoms with Crippen LogP contribution in [0.15, 0.2) is 0 Å². The fourth-order valence-electron chi connectivity index (χ4n) is 3.35. The van der Waals surface area contributed by atoms with Crippen LogP contribution >= 0.6 is 0 Å². The molecule has 1 heterocycles. The van der Waals surface area contributed by atoms with Gasteiger partial charge in [0.2, 0.25) is 0 Å². The third-order valence-corrected chi connectivity index (χ3v) is 4.36. The van der Waals surface area contributed by atoms with Crippen molar-refractivity contribution in [2.45, 2.75) is 63.5 Å². The van der Waals surface area contributed by atoms with Gasteiger partial charge >= 0.3 is 0 Å². The summed E-state index contributed by atoms with van der Waals surface area (Å²) in [5.41, 5.74) is -0.433. The molecular formula is C14H28N2O. The van der Waals surface area contributed by atoms with Gasteiger partial charge < -0.3 is 15.7 Å². The molecule has 0 aromatic carbocycles. The summed E-state index contributed by atoms with van der Waals surface area (Å²) in [7, 11) is 0. The van der Waals surface area contributed by atoms with Gasteiger partial charge in [-0.2, -0.15) is 0 Å². The van der Waals surface area contributed by atoms with Gasteiger partial charge in [-0.25, -0.2) is 0 Å². The molecule has 0 aromatic rings. The Morgan fingerprint density at radius 1 is 1.24 bits per heavy atom. The van der Waals surface area contributed by atoms with E-state index in [2.05, 4.69) is 17.6 Å². The largest absolute Gasteiger partial charge is 0.389 e. The van der Waals surface area contributed by atoms with Crippen LogP contribution in [0.5, 0.6) is 0 Å². The molecule has 3 heteroatoms. The summed E-state index contributed by atoms with van der Waals surface area (Å²) < 4.78 is 0. The van der Waals surface area contributed by atoms with E-state index in [1.807, 2.05) is 0 Å². The highest BCUT2D eigenvalue weighted by atomic mass is 16.3. The van der Waals surface area contributed by atoms with Gasteiger partial charge in [-0.1, -0.05) is 19.8 Å². The molecule has 2 aliphatic rings. The van der Waals surface area contributed by atoms with Gasteiger partial charge in [-0.05, 0) is 51.1 Å². The Morgan fingerprint density at radius 3 is 2.94 bits per heavy atom. The summed E-state index contributed by atoms with van der Waals surface area (Å²) in [6, 6.07) is 0.603. The topological polar surface area (TPSA) is 44.3 Å². The molecule has 3 unspecified atom stereocenters. The minimum atomic E-state index is -0.433.